The van der Waals surface area contributed by atoms with E-state index in [1.807, 2.05) is 25.1 Å². The number of amidine groups is 1. The van der Waals surface area contributed by atoms with Crippen molar-refractivity contribution in [1.29, 1.82) is 0 Å². The second kappa shape index (κ2) is 5.87. The van der Waals surface area contributed by atoms with Crippen LogP contribution in [0, 0.1) is 0 Å². The Hall–Kier alpha value is -1.86. The third-order valence-corrected chi connectivity index (χ3v) is 5.06. The second-order valence-corrected chi connectivity index (χ2v) is 6.20. The Kier molecular flexibility index (Phi) is 3.94. The summed E-state index contributed by atoms with van der Waals surface area (Å²) in [5.41, 5.74) is 6.74. The molecule has 3 rings (SSSR count). The number of oxime groups is 1. The van der Waals surface area contributed by atoms with E-state index in [1.165, 1.54) is 4.70 Å². The molecular formula is C14H19N5OS. The molecule has 0 bridgehead atoms. The lowest BCUT2D eigenvalue weighted by molar-refractivity contribution is 0.230. The van der Waals surface area contributed by atoms with Gasteiger partial charge in [-0.05, 0) is 19.1 Å². The van der Waals surface area contributed by atoms with Gasteiger partial charge in [0.05, 0.1) is 16.3 Å². The Bertz CT molecular complexity index is 615. The molecule has 0 saturated carbocycles. The fourth-order valence-corrected chi connectivity index (χ4v) is 3.58. The van der Waals surface area contributed by atoms with Gasteiger partial charge in [-0.25, -0.2) is 4.98 Å². The van der Waals surface area contributed by atoms with Crippen LogP contribution in [0.25, 0.3) is 10.2 Å². The standard InChI is InChI=1S/C14H19N5OS/c1-10(13(15)17-20)18-6-8-19(9-7-18)14-16-11-4-2-3-5-12(11)21-14/h2-5,10,20H,6-9H2,1H3,(H2,15,17). The zero-order valence-electron chi connectivity index (χ0n) is 11.9. The average Bonchev–Trinajstić information content (AvgIpc) is 2.97. The first-order valence-electron chi connectivity index (χ1n) is 7.01. The monoisotopic (exact) mass is 305 g/mol. The number of anilines is 1. The molecule has 0 radical (unpaired) electrons. The van der Waals surface area contributed by atoms with Crippen molar-refractivity contribution in [2.75, 3.05) is 31.1 Å². The van der Waals surface area contributed by atoms with Gasteiger partial charge in [-0.1, -0.05) is 28.6 Å². The van der Waals surface area contributed by atoms with Gasteiger partial charge in [0.1, 0.15) is 0 Å². The molecule has 1 aliphatic heterocycles. The molecule has 0 aliphatic carbocycles. The van der Waals surface area contributed by atoms with Crippen molar-refractivity contribution in [2.24, 2.45) is 10.9 Å². The molecule has 0 spiro atoms. The van der Waals surface area contributed by atoms with Crippen LogP contribution in [0.5, 0.6) is 0 Å². The summed E-state index contributed by atoms with van der Waals surface area (Å²) in [7, 11) is 0. The summed E-state index contributed by atoms with van der Waals surface area (Å²) in [5, 5.41) is 12.9. The molecule has 1 aromatic heterocycles. The summed E-state index contributed by atoms with van der Waals surface area (Å²) in [6.45, 7) is 5.54. The summed E-state index contributed by atoms with van der Waals surface area (Å²) < 4.78 is 1.22. The minimum atomic E-state index is -0.0347. The van der Waals surface area contributed by atoms with Crippen molar-refractivity contribution >= 4 is 32.5 Å². The highest BCUT2D eigenvalue weighted by atomic mass is 32.1. The molecule has 0 amide bonds. The van der Waals surface area contributed by atoms with Gasteiger partial charge >= 0.3 is 0 Å². The van der Waals surface area contributed by atoms with Crippen LogP contribution >= 0.6 is 11.3 Å². The Morgan fingerprint density at radius 1 is 1.33 bits per heavy atom. The lowest BCUT2D eigenvalue weighted by Crippen LogP contribution is -2.53. The van der Waals surface area contributed by atoms with E-state index in [4.69, 9.17) is 15.9 Å². The van der Waals surface area contributed by atoms with Crippen molar-refractivity contribution in [3.05, 3.63) is 24.3 Å². The minimum Gasteiger partial charge on any atom is -0.409 e. The van der Waals surface area contributed by atoms with Crippen LogP contribution in [0.2, 0.25) is 0 Å². The molecule has 21 heavy (non-hydrogen) atoms. The number of hydrogen-bond acceptors (Lipinski definition) is 6. The van der Waals surface area contributed by atoms with Crippen LogP contribution in [0.1, 0.15) is 6.92 Å². The van der Waals surface area contributed by atoms with Crippen molar-refractivity contribution < 1.29 is 5.21 Å². The highest BCUT2D eigenvalue weighted by Gasteiger charge is 2.24. The molecule has 6 nitrogen and oxygen atoms in total. The Morgan fingerprint density at radius 2 is 2.05 bits per heavy atom. The van der Waals surface area contributed by atoms with Gasteiger partial charge in [-0.2, -0.15) is 0 Å². The Balaban J connectivity index is 1.68. The summed E-state index contributed by atoms with van der Waals surface area (Å²) in [5.74, 6) is 0.267. The maximum Gasteiger partial charge on any atom is 0.186 e. The molecule has 1 saturated heterocycles. The van der Waals surface area contributed by atoms with Crippen molar-refractivity contribution in [3.8, 4) is 0 Å². The van der Waals surface area contributed by atoms with E-state index in [2.05, 4.69) is 21.0 Å². The lowest BCUT2D eigenvalue weighted by atomic mass is 10.2. The molecule has 1 aromatic carbocycles. The molecule has 1 fully saturated rings. The van der Waals surface area contributed by atoms with Crippen LogP contribution in [0.15, 0.2) is 29.4 Å². The van der Waals surface area contributed by atoms with Crippen LogP contribution < -0.4 is 10.6 Å². The maximum atomic E-state index is 8.76. The van der Waals surface area contributed by atoms with Crippen molar-refractivity contribution in [3.63, 3.8) is 0 Å². The van der Waals surface area contributed by atoms with E-state index in [-0.39, 0.29) is 11.9 Å². The van der Waals surface area contributed by atoms with Crippen molar-refractivity contribution in [2.45, 2.75) is 13.0 Å². The minimum absolute atomic E-state index is 0.0347. The summed E-state index contributed by atoms with van der Waals surface area (Å²) in [6, 6.07) is 8.18. The third-order valence-electron chi connectivity index (χ3n) is 3.96. The molecular weight excluding hydrogens is 286 g/mol. The van der Waals surface area contributed by atoms with Crippen LogP contribution in [0.3, 0.4) is 0 Å². The van der Waals surface area contributed by atoms with E-state index < -0.39 is 0 Å². The SMILES string of the molecule is CC(C(N)=NO)N1CCN(c2nc3ccccc3s2)CC1. The lowest BCUT2D eigenvalue weighted by Gasteiger charge is -2.37. The van der Waals surface area contributed by atoms with Gasteiger partial charge in [0.15, 0.2) is 11.0 Å². The highest BCUT2D eigenvalue weighted by molar-refractivity contribution is 7.22. The largest absolute Gasteiger partial charge is 0.409 e. The number of piperazine rings is 1. The molecule has 1 unspecified atom stereocenters. The number of nitrogens with zero attached hydrogens (tertiary/aromatic N) is 4. The molecule has 112 valence electrons. The Morgan fingerprint density at radius 3 is 2.71 bits per heavy atom. The maximum absolute atomic E-state index is 8.76. The van der Waals surface area contributed by atoms with Crippen LogP contribution in [-0.2, 0) is 0 Å². The molecule has 1 atom stereocenters. The van der Waals surface area contributed by atoms with Crippen LogP contribution in [-0.4, -0.2) is 53.1 Å². The molecule has 1 aliphatic rings. The molecule has 3 N–H and O–H groups in total. The number of fused-ring (bicyclic) bond motifs is 1. The number of nitrogens with two attached hydrogens (primary N) is 1. The van der Waals surface area contributed by atoms with E-state index in [0.29, 0.717) is 0 Å². The first kappa shape index (κ1) is 14.1. The Labute approximate surface area is 127 Å². The fraction of sp³-hybridized carbons (Fsp3) is 0.429. The number of thiazole rings is 1. The van der Waals surface area contributed by atoms with Gasteiger partial charge in [-0.3, -0.25) is 4.90 Å². The van der Waals surface area contributed by atoms with Gasteiger partial charge < -0.3 is 15.8 Å². The molecule has 7 heteroatoms. The average molecular weight is 305 g/mol. The summed E-state index contributed by atoms with van der Waals surface area (Å²) in [6.07, 6.45) is 0. The predicted octanol–water partition coefficient (Wildman–Crippen LogP) is 1.55. The number of aromatic nitrogens is 1. The fourth-order valence-electron chi connectivity index (χ4n) is 2.57. The zero-order valence-corrected chi connectivity index (χ0v) is 12.8. The van der Waals surface area contributed by atoms with Gasteiger partial charge in [0.25, 0.3) is 0 Å². The van der Waals surface area contributed by atoms with E-state index in [9.17, 15) is 0 Å². The first-order valence-corrected chi connectivity index (χ1v) is 7.82. The molecule has 2 heterocycles. The highest BCUT2D eigenvalue weighted by Crippen LogP contribution is 2.29. The topological polar surface area (TPSA) is 78.0 Å². The normalized spacial score (nSPS) is 19.1. The summed E-state index contributed by atoms with van der Waals surface area (Å²) in [4.78, 5) is 9.22. The van der Waals surface area contributed by atoms with Gasteiger partial charge in [0.2, 0.25) is 0 Å². The summed E-state index contributed by atoms with van der Waals surface area (Å²) >= 11 is 1.73. The number of benzene rings is 1. The van der Waals surface area contributed by atoms with Crippen molar-refractivity contribution in [1.82, 2.24) is 9.88 Å². The number of para-hydroxylation sites is 1. The van der Waals surface area contributed by atoms with Gasteiger partial charge in [-0.15, -0.1) is 0 Å². The predicted molar refractivity (Wildman–Crippen MR) is 86.3 cm³/mol. The second-order valence-electron chi connectivity index (χ2n) is 5.19. The van der Waals surface area contributed by atoms with E-state index in [1.54, 1.807) is 11.3 Å². The van der Waals surface area contributed by atoms with E-state index >= 15 is 0 Å². The third kappa shape index (κ3) is 2.79. The number of hydrogen-bond donors (Lipinski definition) is 2. The first-order chi connectivity index (χ1) is 10.2. The molecule has 2 aromatic rings. The van der Waals surface area contributed by atoms with Gasteiger partial charge in [0, 0.05) is 26.2 Å². The number of rotatable bonds is 3. The van der Waals surface area contributed by atoms with E-state index in [0.717, 1.165) is 36.8 Å². The zero-order chi connectivity index (χ0) is 14.8. The van der Waals surface area contributed by atoms with Crippen LogP contribution in [0.4, 0.5) is 5.13 Å². The smallest absolute Gasteiger partial charge is 0.186 e. The quantitative estimate of drug-likeness (QED) is 0.389.